The number of para-hydroxylation sites is 1. The summed E-state index contributed by atoms with van der Waals surface area (Å²) in [6, 6.07) is 7.62. The van der Waals surface area contributed by atoms with Gasteiger partial charge in [0.05, 0.1) is 13.2 Å². The Morgan fingerprint density at radius 3 is 2.69 bits per heavy atom. The molecule has 2 N–H and O–H groups in total. The number of carboxylic acid groups (broad SMARTS) is 1. The quantitative estimate of drug-likeness (QED) is 0.888. The number of nitrogens with one attached hydrogen (secondary N) is 1. The molecule has 0 bridgehead atoms. The van der Waals surface area contributed by atoms with Gasteiger partial charge in [0, 0.05) is 16.7 Å². The van der Waals surface area contributed by atoms with Crippen LogP contribution in [0.3, 0.4) is 0 Å². The molecule has 0 saturated carbocycles. The molecule has 1 saturated heterocycles. The molecule has 1 aromatic rings. The Morgan fingerprint density at radius 1 is 1.50 bits per heavy atom. The zero-order valence-electron chi connectivity index (χ0n) is 8.57. The van der Waals surface area contributed by atoms with E-state index in [1.807, 2.05) is 24.3 Å². The first kappa shape index (κ1) is 11.4. The number of hydrogen-bond donors (Lipinski definition) is 2. The van der Waals surface area contributed by atoms with E-state index >= 15 is 0 Å². The minimum Gasteiger partial charge on any atom is -0.481 e. The average molecular weight is 286 g/mol. The smallest absolute Gasteiger partial charge is 0.316 e. The van der Waals surface area contributed by atoms with Crippen molar-refractivity contribution in [3.05, 3.63) is 28.7 Å². The SMILES string of the molecule is O=C(O)C1(CNc2ccccc2Br)COC1. The molecule has 1 fully saturated rings. The van der Waals surface area contributed by atoms with Crippen LogP contribution in [-0.4, -0.2) is 30.8 Å². The Hall–Kier alpha value is -1.07. The third kappa shape index (κ3) is 2.05. The van der Waals surface area contributed by atoms with E-state index in [1.165, 1.54) is 0 Å². The Morgan fingerprint density at radius 2 is 2.19 bits per heavy atom. The van der Waals surface area contributed by atoms with Gasteiger partial charge >= 0.3 is 5.97 Å². The number of carboxylic acids is 1. The van der Waals surface area contributed by atoms with Crippen molar-refractivity contribution in [2.45, 2.75) is 0 Å². The van der Waals surface area contributed by atoms with Crippen molar-refractivity contribution in [2.24, 2.45) is 5.41 Å². The highest BCUT2D eigenvalue weighted by atomic mass is 79.9. The van der Waals surface area contributed by atoms with E-state index in [-0.39, 0.29) is 13.2 Å². The monoisotopic (exact) mass is 285 g/mol. The van der Waals surface area contributed by atoms with Crippen LogP contribution in [0, 0.1) is 5.41 Å². The van der Waals surface area contributed by atoms with E-state index < -0.39 is 11.4 Å². The summed E-state index contributed by atoms with van der Waals surface area (Å²) in [5, 5.41) is 12.2. The van der Waals surface area contributed by atoms with E-state index in [1.54, 1.807) is 0 Å². The van der Waals surface area contributed by atoms with Gasteiger partial charge in [0.25, 0.3) is 0 Å². The molecular weight excluding hydrogens is 274 g/mol. The molecule has 0 spiro atoms. The summed E-state index contributed by atoms with van der Waals surface area (Å²) in [5.41, 5.74) is 0.130. The van der Waals surface area contributed by atoms with E-state index in [0.717, 1.165) is 10.2 Å². The zero-order valence-corrected chi connectivity index (χ0v) is 10.2. The van der Waals surface area contributed by atoms with Crippen LogP contribution in [0.5, 0.6) is 0 Å². The van der Waals surface area contributed by atoms with Crippen LogP contribution < -0.4 is 5.32 Å². The summed E-state index contributed by atoms with van der Waals surface area (Å²) in [5.74, 6) is -0.807. The van der Waals surface area contributed by atoms with Crippen LogP contribution in [0.1, 0.15) is 0 Å². The number of ether oxygens (including phenoxy) is 1. The first-order chi connectivity index (χ1) is 7.64. The highest BCUT2D eigenvalue weighted by molar-refractivity contribution is 9.10. The molecular formula is C11H12BrNO3. The van der Waals surface area contributed by atoms with E-state index in [2.05, 4.69) is 21.2 Å². The number of benzene rings is 1. The van der Waals surface area contributed by atoms with Crippen molar-refractivity contribution >= 4 is 27.6 Å². The second-order valence-electron chi connectivity index (χ2n) is 3.91. The molecule has 0 aliphatic carbocycles. The minimum absolute atomic E-state index is 0.278. The molecule has 4 nitrogen and oxygen atoms in total. The Balaban J connectivity index is 2.02. The normalized spacial score (nSPS) is 17.6. The van der Waals surface area contributed by atoms with E-state index in [4.69, 9.17) is 9.84 Å². The maximum Gasteiger partial charge on any atom is 0.316 e. The van der Waals surface area contributed by atoms with Crippen molar-refractivity contribution < 1.29 is 14.6 Å². The molecule has 1 aliphatic rings. The first-order valence-electron chi connectivity index (χ1n) is 4.94. The highest BCUT2D eigenvalue weighted by Gasteiger charge is 2.46. The van der Waals surface area contributed by atoms with Gasteiger partial charge in [-0.25, -0.2) is 0 Å². The van der Waals surface area contributed by atoms with Gasteiger partial charge in [-0.15, -0.1) is 0 Å². The van der Waals surface area contributed by atoms with Gasteiger partial charge in [-0.05, 0) is 28.1 Å². The summed E-state index contributed by atoms with van der Waals surface area (Å²) in [7, 11) is 0. The second-order valence-corrected chi connectivity index (χ2v) is 4.77. The fraction of sp³-hybridized carbons (Fsp3) is 0.364. The van der Waals surface area contributed by atoms with E-state index in [9.17, 15) is 4.79 Å². The topological polar surface area (TPSA) is 58.6 Å². The largest absolute Gasteiger partial charge is 0.481 e. The van der Waals surface area contributed by atoms with Crippen molar-refractivity contribution in [1.82, 2.24) is 0 Å². The summed E-state index contributed by atoms with van der Waals surface area (Å²) in [4.78, 5) is 11.1. The number of hydrogen-bond acceptors (Lipinski definition) is 3. The van der Waals surface area contributed by atoms with Crippen molar-refractivity contribution in [2.75, 3.05) is 25.1 Å². The lowest BCUT2D eigenvalue weighted by Gasteiger charge is -2.37. The van der Waals surface area contributed by atoms with Crippen LogP contribution in [0.25, 0.3) is 0 Å². The van der Waals surface area contributed by atoms with Crippen LogP contribution in [0.2, 0.25) is 0 Å². The van der Waals surface area contributed by atoms with Crippen LogP contribution >= 0.6 is 15.9 Å². The third-order valence-corrected chi connectivity index (χ3v) is 3.39. The van der Waals surface area contributed by atoms with Crippen molar-refractivity contribution in [1.29, 1.82) is 0 Å². The summed E-state index contributed by atoms with van der Waals surface area (Å²) < 4.78 is 5.91. The second kappa shape index (κ2) is 4.43. The number of anilines is 1. The maximum absolute atomic E-state index is 11.1. The lowest BCUT2D eigenvalue weighted by molar-refractivity contribution is -0.176. The number of carbonyl (C=O) groups is 1. The fourth-order valence-electron chi connectivity index (χ4n) is 1.52. The molecule has 0 aromatic heterocycles. The maximum atomic E-state index is 11.1. The molecule has 0 unspecified atom stereocenters. The highest BCUT2D eigenvalue weighted by Crippen LogP contribution is 2.29. The minimum atomic E-state index is -0.807. The molecule has 0 atom stereocenters. The van der Waals surface area contributed by atoms with E-state index in [0.29, 0.717) is 6.54 Å². The summed E-state index contributed by atoms with van der Waals surface area (Å²) >= 11 is 3.40. The van der Waals surface area contributed by atoms with Crippen LogP contribution in [0.4, 0.5) is 5.69 Å². The summed E-state index contributed by atoms with van der Waals surface area (Å²) in [6.07, 6.45) is 0. The number of halogens is 1. The fourth-order valence-corrected chi connectivity index (χ4v) is 1.94. The van der Waals surface area contributed by atoms with Gasteiger partial charge in [-0.3, -0.25) is 4.79 Å². The van der Waals surface area contributed by atoms with Gasteiger partial charge in [-0.1, -0.05) is 12.1 Å². The van der Waals surface area contributed by atoms with Crippen molar-refractivity contribution in [3.8, 4) is 0 Å². The molecule has 1 heterocycles. The average Bonchev–Trinajstić information content (AvgIpc) is 2.18. The van der Waals surface area contributed by atoms with Crippen LogP contribution in [-0.2, 0) is 9.53 Å². The molecule has 16 heavy (non-hydrogen) atoms. The molecule has 86 valence electrons. The molecule has 2 rings (SSSR count). The van der Waals surface area contributed by atoms with Crippen molar-refractivity contribution in [3.63, 3.8) is 0 Å². The predicted molar refractivity (Wildman–Crippen MR) is 63.5 cm³/mol. The lowest BCUT2D eigenvalue weighted by atomic mass is 9.86. The molecule has 0 radical (unpaired) electrons. The first-order valence-corrected chi connectivity index (χ1v) is 5.73. The molecule has 1 aromatic carbocycles. The van der Waals surface area contributed by atoms with Gasteiger partial charge in [0.2, 0.25) is 0 Å². The van der Waals surface area contributed by atoms with Crippen LogP contribution in [0.15, 0.2) is 28.7 Å². The number of aliphatic carboxylic acids is 1. The standard InChI is InChI=1S/C11H12BrNO3/c12-8-3-1-2-4-9(8)13-5-11(10(14)15)6-16-7-11/h1-4,13H,5-7H2,(H,14,15). The van der Waals surface area contributed by atoms with Gasteiger partial charge in [-0.2, -0.15) is 0 Å². The molecule has 0 amide bonds. The Labute approximate surface area is 102 Å². The third-order valence-electron chi connectivity index (χ3n) is 2.70. The van der Waals surface area contributed by atoms with Gasteiger partial charge < -0.3 is 15.2 Å². The predicted octanol–water partition coefficient (Wildman–Crippen LogP) is 1.96. The Bertz CT molecular complexity index is 404. The number of rotatable bonds is 4. The van der Waals surface area contributed by atoms with Gasteiger partial charge in [0.15, 0.2) is 0 Å². The van der Waals surface area contributed by atoms with Gasteiger partial charge in [0.1, 0.15) is 5.41 Å². The lowest BCUT2D eigenvalue weighted by Crippen LogP contribution is -2.53. The Kier molecular flexibility index (Phi) is 3.16. The molecule has 1 aliphatic heterocycles. The summed E-state index contributed by atoms with van der Waals surface area (Å²) in [6.45, 7) is 0.935. The molecule has 5 heteroatoms. The zero-order chi connectivity index (χ0) is 11.6.